The number of nitrogens with zero attached hydrogens (tertiary/aromatic N) is 3. The second kappa shape index (κ2) is 5.78. The van der Waals surface area contributed by atoms with Crippen LogP contribution in [0.3, 0.4) is 0 Å². The smallest absolute Gasteiger partial charge is 0.271 e. The maximum atomic E-state index is 12.7. The summed E-state index contributed by atoms with van der Waals surface area (Å²) in [5.41, 5.74) is 1.15. The number of hydrogen-bond donors (Lipinski definition) is 0. The molecule has 0 fully saturated rings. The Labute approximate surface area is 139 Å². The normalized spacial score (nSPS) is 15.2. The predicted molar refractivity (Wildman–Crippen MR) is 86.7 cm³/mol. The molecule has 0 saturated carbocycles. The number of nitriles is 1. The van der Waals surface area contributed by atoms with Gasteiger partial charge in [-0.15, -0.1) is 0 Å². The van der Waals surface area contributed by atoms with Crippen LogP contribution in [0.1, 0.15) is 35.5 Å². The Kier molecular flexibility index (Phi) is 3.78. The van der Waals surface area contributed by atoms with Gasteiger partial charge in [-0.25, -0.2) is 0 Å². The Balaban J connectivity index is 2.00. The van der Waals surface area contributed by atoms with Gasteiger partial charge in [0.05, 0.1) is 23.5 Å². The van der Waals surface area contributed by atoms with Gasteiger partial charge >= 0.3 is 0 Å². The molecule has 1 aliphatic rings. The third-order valence-corrected chi connectivity index (χ3v) is 3.81. The average Bonchev–Trinajstić information content (AvgIpc) is 2.58. The monoisotopic (exact) mass is 321 g/mol. The molecule has 2 heterocycles. The van der Waals surface area contributed by atoms with Gasteiger partial charge in [-0.2, -0.15) is 5.26 Å². The summed E-state index contributed by atoms with van der Waals surface area (Å²) in [6.45, 7) is 3.63. The van der Waals surface area contributed by atoms with E-state index < -0.39 is 5.60 Å². The van der Waals surface area contributed by atoms with Crippen molar-refractivity contribution in [3.63, 3.8) is 0 Å². The van der Waals surface area contributed by atoms with Crippen molar-refractivity contribution in [3.05, 3.63) is 53.3 Å². The van der Waals surface area contributed by atoms with E-state index in [2.05, 4.69) is 4.98 Å². The maximum absolute atomic E-state index is 12.7. The lowest BCUT2D eigenvalue weighted by Gasteiger charge is -2.38. The van der Waals surface area contributed by atoms with Gasteiger partial charge in [0, 0.05) is 11.8 Å². The first-order chi connectivity index (χ1) is 11.4. The second-order valence-corrected chi connectivity index (χ2v) is 6.00. The topological polar surface area (TPSA) is 83.3 Å². The van der Waals surface area contributed by atoms with Crippen LogP contribution in [0.5, 0.6) is 5.75 Å². The first-order valence-corrected chi connectivity index (χ1v) is 7.40. The Morgan fingerprint density at radius 3 is 2.75 bits per heavy atom. The van der Waals surface area contributed by atoms with Gasteiger partial charge in [0.1, 0.15) is 18.1 Å². The number of ether oxygens (including phenoxy) is 1. The summed E-state index contributed by atoms with van der Waals surface area (Å²) in [5.74, 6) is 0.290. The number of benzene rings is 1. The van der Waals surface area contributed by atoms with Crippen LogP contribution < -0.4 is 9.64 Å². The molecule has 2 aromatic rings. The Hall–Kier alpha value is -3.20. The standard InChI is InChI=1S/C18H15N3O3/c1-18(2)17(23)21(10-14-5-3-13(8-19)9-20-14)15-6-4-12(11-22)7-16(15)24-18/h3-7,9,11H,10H2,1-2H3. The summed E-state index contributed by atoms with van der Waals surface area (Å²) in [5, 5.41) is 8.84. The highest BCUT2D eigenvalue weighted by atomic mass is 16.5. The van der Waals surface area contributed by atoms with Crippen molar-refractivity contribution in [1.29, 1.82) is 5.26 Å². The molecule has 0 bridgehead atoms. The molecule has 3 rings (SSSR count). The van der Waals surface area contributed by atoms with E-state index in [1.807, 2.05) is 6.07 Å². The zero-order valence-electron chi connectivity index (χ0n) is 13.3. The Morgan fingerprint density at radius 2 is 2.12 bits per heavy atom. The minimum Gasteiger partial charge on any atom is -0.476 e. The molecule has 1 aromatic carbocycles. The number of aromatic nitrogens is 1. The summed E-state index contributed by atoms with van der Waals surface area (Å²) in [6, 6.07) is 10.3. The van der Waals surface area contributed by atoms with E-state index in [4.69, 9.17) is 10.00 Å². The summed E-state index contributed by atoms with van der Waals surface area (Å²) in [7, 11) is 0. The van der Waals surface area contributed by atoms with E-state index in [0.29, 0.717) is 28.3 Å². The summed E-state index contributed by atoms with van der Waals surface area (Å²) >= 11 is 0. The number of hydrogen-bond acceptors (Lipinski definition) is 5. The van der Waals surface area contributed by atoms with Crippen molar-refractivity contribution in [2.75, 3.05) is 4.90 Å². The SMILES string of the molecule is CC1(C)Oc2cc(C=O)ccc2N(Cc2ccc(C#N)cn2)C1=O. The highest BCUT2D eigenvalue weighted by Crippen LogP contribution is 2.38. The van der Waals surface area contributed by atoms with Crippen LogP contribution in [-0.2, 0) is 11.3 Å². The van der Waals surface area contributed by atoms with Crippen LogP contribution in [0.2, 0.25) is 0 Å². The first-order valence-electron chi connectivity index (χ1n) is 7.40. The minimum atomic E-state index is -1.04. The van der Waals surface area contributed by atoms with Crippen LogP contribution in [0.15, 0.2) is 36.5 Å². The second-order valence-electron chi connectivity index (χ2n) is 6.00. The molecule has 1 aromatic heterocycles. The van der Waals surface area contributed by atoms with E-state index in [1.54, 1.807) is 49.1 Å². The van der Waals surface area contributed by atoms with Crippen molar-refractivity contribution in [1.82, 2.24) is 4.98 Å². The molecule has 0 spiro atoms. The van der Waals surface area contributed by atoms with Crippen LogP contribution in [0, 0.1) is 11.3 Å². The molecule has 1 aliphatic heterocycles. The van der Waals surface area contributed by atoms with Crippen LogP contribution in [-0.4, -0.2) is 22.8 Å². The highest BCUT2D eigenvalue weighted by Gasteiger charge is 2.41. The van der Waals surface area contributed by atoms with Crippen molar-refractivity contribution in [3.8, 4) is 11.8 Å². The van der Waals surface area contributed by atoms with E-state index in [9.17, 15) is 9.59 Å². The van der Waals surface area contributed by atoms with E-state index in [-0.39, 0.29) is 12.5 Å². The summed E-state index contributed by atoms with van der Waals surface area (Å²) < 4.78 is 5.76. The molecular weight excluding hydrogens is 306 g/mol. The Morgan fingerprint density at radius 1 is 1.33 bits per heavy atom. The third kappa shape index (κ3) is 2.72. The van der Waals surface area contributed by atoms with Crippen molar-refractivity contribution in [2.24, 2.45) is 0 Å². The molecule has 0 atom stereocenters. The number of carbonyl (C=O) groups is 2. The highest BCUT2D eigenvalue weighted by molar-refractivity contribution is 6.02. The quantitative estimate of drug-likeness (QED) is 0.811. The van der Waals surface area contributed by atoms with Gasteiger partial charge < -0.3 is 4.74 Å². The maximum Gasteiger partial charge on any atom is 0.271 e. The van der Waals surface area contributed by atoms with Gasteiger partial charge in [-0.1, -0.05) is 0 Å². The third-order valence-electron chi connectivity index (χ3n) is 3.81. The van der Waals surface area contributed by atoms with Crippen LogP contribution in [0.4, 0.5) is 5.69 Å². The number of rotatable bonds is 3. The molecule has 6 heteroatoms. The lowest BCUT2D eigenvalue weighted by Crippen LogP contribution is -2.52. The number of aldehydes is 1. The predicted octanol–water partition coefficient (Wildman–Crippen LogP) is 2.47. The first kappa shape index (κ1) is 15.7. The molecule has 24 heavy (non-hydrogen) atoms. The summed E-state index contributed by atoms with van der Waals surface area (Å²) in [6.07, 6.45) is 2.21. The van der Waals surface area contributed by atoms with Crippen LogP contribution in [0.25, 0.3) is 0 Å². The number of fused-ring (bicyclic) bond motifs is 1. The molecule has 0 radical (unpaired) electrons. The van der Waals surface area contributed by atoms with E-state index in [1.165, 1.54) is 6.20 Å². The van der Waals surface area contributed by atoms with Crippen molar-refractivity contribution in [2.45, 2.75) is 26.0 Å². The van der Waals surface area contributed by atoms with E-state index in [0.717, 1.165) is 6.29 Å². The van der Waals surface area contributed by atoms with Gasteiger partial charge in [0.2, 0.25) is 0 Å². The molecule has 0 unspecified atom stereocenters. The van der Waals surface area contributed by atoms with Gasteiger partial charge in [0.25, 0.3) is 5.91 Å². The van der Waals surface area contributed by atoms with E-state index >= 15 is 0 Å². The molecule has 0 aliphatic carbocycles. The van der Waals surface area contributed by atoms with Gasteiger partial charge in [-0.05, 0) is 44.2 Å². The minimum absolute atomic E-state index is 0.194. The lowest BCUT2D eigenvalue weighted by molar-refractivity contribution is -0.132. The molecule has 1 amide bonds. The largest absolute Gasteiger partial charge is 0.476 e. The number of anilines is 1. The lowest BCUT2D eigenvalue weighted by atomic mass is 10.0. The zero-order chi connectivity index (χ0) is 17.3. The zero-order valence-corrected chi connectivity index (χ0v) is 13.3. The average molecular weight is 321 g/mol. The van der Waals surface area contributed by atoms with Gasteiger partial charge in [0.15, 0.2) is 5.60 Å². The number of amides is 1. The fraction of sp³-hybridized carbons (Fsp3) is 0.222. The molecule has 6 nitrogen and oxygen atoms in total. The fourth-order valence-electron chi connectivity index (χ4n) is 2.56. The molecule has 0 saturated heterocycles. The number of carbonyl (C=O) groups excluding carboxylic acids is 2. The molecular formula is C18H15N3O3. The van der Waals surface area contributed by atoms with Gasteiger partial charge in [-0.3, -0.25) is 19.5 Å². The molecule has 120 valence electrons. The number of pyridine rings is 1. The Bertz CT molecular complexity index is 851. The molecule has 0 N–H and O–H groups in total. The fourth-order valence-corrected chi connectivity index (χ4v) is 2.56. The van der Waals surface area contributed by atoms with Crippen molar-refractivity contribution < 1.29 is 14.3 Å². The summed E-state index contributed by atoms with van der Waals surface area (Å²) in [4.78, 5) is 29.5. The van der Waals surface area contributed by atoms with Crippen molar-refractivity contribution >= 4 is 17.9 Å². The van der Waals surface area contributed by atoms with Crippen LogP contribution >= 0.6 is 0 Å².